The summed E-state index contributed by atoms with van der Waals surface area (Å²) in [7, 11) is 1.54. The number of amides is 2. The summed E-state index contributed by atoms with van der Waals surface area (Å²) in [6.07, 6.45) is 1.40. The molecule has 0 atom stereocenters. The van der Waals surface area contributed by atoms with Crippen molar-refractivity contribution in [3.8, 4) is 17.2 Å². The first-order chi connectivity index (χ1) is 16.9. The molecule has 0 heterocycles. The molecule has 3 rings (SSSR count). The molecule has 0 unspecified atom stereocenters. The summed E-state index contributed by atoms with van der Waals surface area (Å²) in [6.45, 7) is 4.82. The number of nitrogens with one attached hydrogen (secondary N) is 2. The van der Waals surface area contributed by atoms with E-state index in [1.807, 2.05) is 32.0 Å². The van der Waals surface area contributed by atoms with Crippen molar-refractivity contribution in [2.45, 2.75) is 20.5 Å². The average molecular weight is 540 g/mol. The van der Waals surface area contributed by atoms with Gasteiger partial charge in [0.15, 0.2) is 11.5 Å². The van der Waals surface area contributed by atoms with Crippen LogP contribution >= 0.6 is 15.9 Å². The zero-order chi connectivity index (χ0) is 25.2. The maximum absolute atomic E-state index is 12.1. The molecule has 0 radical (unpaired) electrons. The molecule has 3 aromatic carbocycles. The minimum absolute atomic E-state index is 0.379. The summed E-state index contributed by atoms with van der Waals surface area (Å²) in [4.78, 5) is 24.2. The summed E-state index contributed by atoms with van der Waals surface area (Å²) < 4.78 is 17.4. The molecule has 0 aliphatic heterocycles. The van der Waals surface area contributed by atoms with Crippen molar-refractivity contribution in [3.63, 3.8) is 0 Å². The van der Waals surface area contributed by atoms with Crippen LogP contribution in [-0.4, -0.2) is 31.7 Å². The molecular weight excluding hydrogens is 514 g/mol. The van der Waals surface area contributed by atoms with Crippen molar-refractivity contribution in [3.05, 3.63) is 81.8 Å². The van der Waals surface area contributed by atoms with E-state index < -0.39 is 11.8 Å². The van der Waals surface area contributed by atoms with E-state index in [2.05, 4.69) is 37.8 Å². The van der Waals surface area contributed by atoms with E-state index >= 15 is 0 Å². The highest BCUT2D eigenvalue weighted by molar-refractivity contribution is 9.10. The SMILES string of the molecule is CCOc1ccc(NC(=O)C(=O)NN=Cc2cc(Br)c(OCc3cccc(C)c3)c(OC)c2)cc1. The van der Waals surface area contributed by atoms with Crippen LogP contribution in [0.1, 0.15) is 23.6 Å². The first kappa shape index (κ1) is 25.8. The van der Waals surface area contributed by atoms with Gasteiger partial charge in [-0.2, -0.15) is 5.10 Å². The van der Waals surface area contributed by atoms with Crippen LogP contribution in [0.5, 0.6) is 17.2 Å². The van der Waals surface area contributed by atoms with Gasteiger partial charge in [-0.1, -0.05) is 29.8 Å². The Hall–Kier alpha value is -3.85. The number of benzene rings is 3. The number of ether oxygens (including phenoxy) is 3. The van der Waals surface area contributed by atoms with Crippen molar-refractivity contribution < 1.29 is 23.8 Å². The van der Waals surface area contributed by atoms with Crippen LogP contribution < -0.4 is 25.0 Å². The van der Waals surface area contributed by atoms with Crippen LogP contribution in [0.15, 0.2) is 70.2 Å². The van der Waals surface area contributed by atoms with E-state index in [-0.39, 0.29) is 0 Å². The Bertz CT molecular complexity index is 1210. The number of hydrazone groups is 1. The van der Waals surface area contributed by atoms with E-state index in [1.54, 1.807) is 36.4 Å². The highest BCUT2D eigenvalue weighted by atomic mass is 79.9. The van der Waals surface area contributed by atoms with Gasteiger partial charge in [0.05, 0.1) is 24.4 Å². The first-order valence-corrected chi connectivity index (χ1v) is 11.6. The fourth-order valence-corrected chi connectivity index (χ4v) is 3.69. The number of nitrogens with zero attached hydrogens (tertiary/aromatic N) is 1. The quantitative estimate of drug-likeness (QED) is 0.230. The maximum atomic E-state index is 12.1. The largest absolute Gasteiger partial charge is 0.494 e. The summed E-state index contributed by atoms with van der Waals surface area (Å²) >= 11 is 3.50. The van der Waals surface area contributed by atoms with Gasteiger partial charge in [0, 0.05) is 5.69 Å². The summed E-state index contributed by atoms with van der Waals surface area (Å²) in [5, 5.41) is 6.37. The molecule has 0 fully saturated rings. The van der Waals surface area contributed by atoms with Gasteiger partial charge in [-0.25, -0.2) is 5.43 Å². The van der Waals surface area contributed by atoms with Gasteiger partial charge in [-0.15, -0.1) is 0 Å². The minimum Gasteiger partial charge on any atom is -0.494 e. The Kier molecular flexibility index (Phi) is 9.25. The van der Waals surface area contributed by atoms with Crippen LogP contribution in [0.3, 0.4) is 0 Å². The molecule has 0 aromatic heterocycles. The first-order valence-electron chi connectivity index (χ1n) is 10.8. The third kappa shape index (κ3) is 7.58. The van der Waals surface area contributed by atoms with Crippen molar-refractivity contribution in [2.75, 3.05) is 19.0 Å². The molecule has 2 amide bonds. The van der Waals surface area contributed by atoms with E-state index in [0.29, 0.717) is 46.2 Å². The van der Waals surface area contributed by atoms with E-state index in [4.69, 9.17) is 14.2 Å². The molecule has 0 bridgehead atoms. The number of methoxy groups -OCH3 is 1. The van der Waals surface area contributed by atoms with Gasteiger partial charge in [0.25, 0.3) is 0 Å². The van der Waals surface area contributed by atoms with Crippen LogP contribution in [-0.2, 0) is 16.2 Å². The number of hydrogen-bond acceptors (Lipinski definition) is 6. The molecule has 0 aliphatic carbocycles. The summed E-state index contributed by atoms with van der Waals surface area (Å²) in [6, 6.07) is 18.2. The molecule has 0 saturated heterocycles. The molecule has 0 spiro atoms. The van der Waals surface area contributed by atoms with Gasteiger partial charge in [-0.05, 0) is 77.3 Å². The van der Waals surface area contributed by atoms with Gasteiger partial charge < -0.3 is 19.5 Å². The van der Waals surface area contributed by atoms with E-state index in [1.165, 1.54) is 13.3 Å². The number of hydrogen-bond donors (Lipinski definition) is 2. The molecule has 0 saturated carbocycles. The number of aryl methyl sites for hydroxylation is 1. The van der Waals surface area contributed by atoms with Crippen LogP contribution in [0.25, 0.3) is 0 Å². The van der Waals surface area contributed by atoms with Gasteiger partial charge in [-0.3, -0.25) is 9.59 Å². The standard InChI is InChI=1S/C26H26BrN3O5/c1-4-34-21-10-8-20(9-11-21)29-25(31)26(32)30-28-15-19-13-22(27)24(23(14-19)33-3)35-16-18-7-5-6-17(2)12-18/h5-15H,4,16H2,1-3H3,(H,29,31)(H,30,32). The van der Waals surface area contributed by atoms with Gasteiger partial charge in [0.2, 0.25) is 0 Å². The fourth-order valence-electron chi connectivity index (χ4n) is 3.12. The number of anilines is 1. The number of carbonyl (C=O) groups is 2. The molecule has 0 aliphatic rings. The van der Waals surface area contributed by atoms with Crippen molar-refractivity contribution in [2.24, 2.45) is 5.10 Å². The monoisotopic (exact) mass is 539 g/mol. The molecule has 2 N–H and O–H groups in total. The fraction of sp³-hybridized carbons (Fsp3) is 0.192. The zero-order valence-electron chi connectivity index (χ0n) is 19.6. The second-order valence-electron chi connectivity index (χ2n) is 7.42. The third-order valence-electron chi connectivity index (χ3n) is 4.73. The van der Waals surface area contributed by atoms with Crippen molar-refractivity contribution in [1.29, 1.82) is 0 Å². The number of halogens is 1. The molecule has 8 nitrogen and oxygen atoms in total. The van der Waals surface area contributed by atoms with E-state index in [9.17, 15) is 9.59 Å². The number of rotatable bonds is 9. The Labute approximate surface area is 212 Å². The highest BCUT2D eigenvalue weighted by Crippen LogP contribution is 2.36. The van der Waals surface area contributed by atoms with Crippen molar-refractivity contribution >= 4 is 39.6 Å². The zero-order valence-corrected chi connectivity index (χ0v) is 21.2. The lowest BCUT2D eigenvalue weighted by Gasteiger charge is -2.14. The Morgan fingerprint density at radius 3 is 2.49 bits per heavy atom. The lowest BCUT2D eigenvalue weighted by molar-refractivity contribution is -0.136. The van der Waals surface area contributed by atoms with Gasteiger partial charge in [0.1, 0.15) is 12.4 Å². The predicted molar refractivity (Wildman–Crippen MR) is 138 cm³/mol. The molecule has 9 heteroatoms. The lowest BCUT2D eigenvalue weighted by Crippen LogP contribution is -2.32. The molecule has 35 heavy (non-hydrogen) atoms. The average Bonchev–Trinajstić information content (AvgIpc) is 2.84. The smallest absolute Gasteiger partial charge is 0.329 e. The topological polar surface area (TPSA) is 98.2 Å². The second kappa shape index (κ2) is 12.6. The maximum Gasteiger partial charge on any atom is 0.329 e. The Morgan fingerprint density at radius 2 is 1.80 bits per heavy atom. The summed E-state index contributed by atoms with van der Waals surface area (Å²) in [5.41, 5.74) is 5.50. The molecular formula is C26H26BrN3O5. The normalized spacial score (nSPS) is 10.6. The molecule has 3 aromatic rings. The Balaban J connectivity index is 1.59. The predicted octanol–water partition coefficient (Wildman–Crippen LogP) is 4.83. The number of carbonyl (C=O) groups excluding carboxylic acids is 2. The van der Waals surface area contributed by atoms with Crippen LogP contribution in [0.4, 0.5) is 5.69 Å². The second-order valence-corrected chi connectivity index (χ2v) is 8.28. The van der Waals surface area contributed by atoms with Crippen LogP contribution in [0, 0.1) is 6.92 Å². The molecule has 182 valence electrons. The lowest BCUT2D eigenvalue weighted by atomic mass is 10.1. The highest BCUT2D eigenvalue weighted by Gasteiger charge is 2.14. The minimum atomic E-state index is -0.903. The van der Waals surface area contributed by atoms with E-state index in [0.717, 1.165) is 11.1 Å². The Morgan fingerprint density at radius 1 is 1.03 bits per heavy atom. The third-order valence-corrected chi connectivity index (χ3v) is 5.32. The van der Waals surface area contributed by atoms with Crippen molar-refractivity contribution in [1.82, 2.24) is 5.43 Å². The van der Waals surface area contributed by atoms with Gasteiger partial charge >= 0.3 is 11.8 Å². The summed E-state index contributed by atoms with van der Waals surface area (Å²) in [5.74, 6) is -0.0325. The van der Waals surface area contributed by atoms with Crippen LogP contribution in [0.2, 0.25) is 0 Å².